The van der Waals surface area contributed by atoms with Crippen LogP contribution < -0.4 is 5.32 Å². The summed E-state index contributed by atoms with van der Waals surface area (Å²) >= 11 is 0. The molecule has 3 rings (SSSR count). The van der Waals surface area contributed by atoms with Gasteiger partial charge in [-0.1, -0.05) is 5.16 Å². The molecule has 92 valence electrons. The maximum Gasteiger partial charge on any atom is 0.292 e. The standard InChI is InChI=1S/C12H17N3O2/c1-9-6-10(17-14-9)11(16)15-5-3-12(8-15)2-4-13-7-12/h6,13H,2-5,7-8H2,1H3. The molecule has 1 aromatic rings. The number of nitrogens with zero attached hydrogens (tertiary/aromatic N) is 2. The number of hydrogen-bond acceptors (Lipinski definition) is 4. The quantitative estimate of drug-likeness (QED) is 0.782. The Bertz CT molecular complexity index is 435. The Morgan fingerprint density at radius 1 is 1.59 bits per heavy atom. The first-order valence-corrected chi connectivity index (χ1v) is 6.12. The van der Waals surface area contributed by atoms with E-state index in [0.717, 1.165) is 38.3 Å². The van der Waals surface area contributed by atoms with Gasteiger partial charge in [0.1, 0.15) is 0 Å². The van der Waals surface area contributed by atoms with Crippen LogP contribution in [0.25, 0.3) is 0 Å². The van der Waals surface area contributed by atoms with Crippen LogP contribution in [0.3, 0.4) is 0 Å². The summed E-state index contributed by atoms with van der Waals surface area (Å²) in [4.78, 5) is 14.1. The predicted octanol–water partition coefficient (Wildman–Crippen LogP) is 0.809. The van der Waals surface area contributed by atoms with Crippen LogP contribution in [0, 0.1) is 12.3 Å². The SMILES string of the molecule is Cc1cc(C(=O)N2CCC3(CCNC3)C2)on1. The van der Waals surface area contributed by atoms with E-state index in [1.807, 2.05) is 11.8 Å². The second kappa shape index (κ2) is 3.84. The minimum absolute atomic E-state index is 0.0191. The van der Waals surface area contributed by atoms with Gasteiger partial charge < -0.3 is 14.7 Å². The van der Waals surface area contributed by atoms with Gasteiger partial charge in [-0.15, -0.1) is 0 Å². The van der Waals surface area contributed by atoms with Crippen LogP contribution in [-0.2, 0) is 0 Å². The number of aryl methyl sites for hydroxylation is 1. The molecule has 0 aromatic carbocycles. The fourth-order valence-corrected chi connectivity index (χ4v) is 2.87. The first-order chi connectivity index (χ1) is 8.19. The Kier molecular flexibility index (Phi) is 2.43. The molecule has 2 aliphatic heterocycles. The van der Waals surface area contributed by atoms with E-state index in [4.69, 9.17) is 4.52 Å². The van der Waals surface area contributed by atoms with Crippen molar-refractivity contribution in [3.8, 4) is 0 Å². The zero-order valence-electron chi connectivity index (χ0n) is 10.0. The van der Waals surface area contributed by atoms with Gasteiger partial charge in [0.2, 0.25) is 5.76 Å². The highest BCUT2D eigenvalue weighted by molar-refractivity contribution is 5.91. The molecule has 3 heterocycles. The van der Waals surface area contributed by atoms with E-state index in [0.29, 0.717) is 11.2 Å². The molecule has 1 aromatic heterocycles. The van der Waals surface area contributed by atoms with Gasteiger partial charge in [0, 0.05) is 31.1 Å². The smallest absolute Gasteiger partial charge is 0.292 e. The molecular formula is C12H17N3O2. The molecule has 0 saturated carbocycles. The molecule has 1 N–H and O–H groups in total. The maximum atomic E-state index is 12.2. The van der Waals surface area contributed by atoms with Crippen molar-refractivity contribution in [1.29, 1.82) is 0 Å². The van der Waals surface area contributed by atoms with Crippen LogP contribution in [0.15, 0.2) is 10.6 Å². The van der Waals surface area contributed by atoms with Crippen molar-refractivity contribution in [3.63, 3.8) is 0 Å². The van der Waals surface area contributed by atoms with E-state index >= 15 is 0 Å². The van der Waals surface area contributed by atoms with Gasteiger partial charge in [-0.3, -0.25) is 4.79 Å². The predicted molar refractivity (Wildman–Crippen MR) is 61.7 cm³/mol. The topological polar surface area (TPSA) is 58.4 Å². The number of amides is 1. The number of likely N-dealkylation sites (tertiary alicyclic amines) is 1. The Hall–Kier alpha value is -1.36. The second-order valence-corrected chi connectivity index (χ2v) is 5.24. The normalized spacial score (nSPS) is 28.2. The Morgan fingerprint density at radius 2 is 2.47 bits per heavy atom. The fourth-order valence-electron chi connectivity index (χ4n) is 2.87. The number of hydrogen-bond donors (Lipinski definition) is 1. The van der Waals surface area contributed by atoms with Crippen molar-refractivity contribution >= 4 is 5.91 Å². The van der Waals surface area contributed by atoms with Crippen LogP contribution >= 0.6 is 0 Å². The zero-order chi connectivity index (χ0) is 11.9. The molecular weight excluding hydrogens is 218 g/mol. The van der Waals surface area contributed by atoms with Crippen molar-refractivity contribution in [2.45, 2.75) is 19.8 Å². The Labute approximate surface area is 100 Å². The van der Waals surface area contributed by atoms with Gasteiger partial charge in [-0.25, -0.2) is 0 Å². The van der Waals surface area contributed by atoms with Gasteiger partial charge in [0.15, 0.2) is 0 Å². The van der Waals surface area contributed by atoms with Gasteiger partial charge in [-0.2, -0.15) is 0 Å². The van der Waals surface area contributed by atoms with E-state index in [9.17, 15) is 4.79 Å². The van der Waals surface area contributed by atoms with Crippen molar-refractivity contribution in [2.75, 3.05) is 26.2 Å². The maximum absolute atomic E-state index is 12.2. The van der Waals surface area contributed by atoms with Crippen LogP contribution in [0.2, 0.25) is 0 Å². The number of rotatable bonds is 1. The number of carbonyl (C=O) groups excluding carboxylic acids is 1. The summed E-state index contributed by atoms with van der Waals surface area (Å²) in [6, 6.07) is 1.71. The molecule has 2 aliphatic rings. The van der Waals surface area contributed by atoms with E-state index in [2.05, 4.69) is 10.5 Å². The Balaban J connectivity index is 1.72. The third kappa shape index (κ3) is 1.84. The molecule has 5 heteroatoms. The summed E-state index contributed by atoms with van der Waals surface area (Å²) in [7, 11) is 0. The van der Waals surface area contributed by atoms with Crippen LogP contribution in [-0.4, -0.2) is 42.1 Å². The van der Waals surface area contributed by atoms with Gasteiger partial charge >= 0.3 is 0 Å². The highest BCUT2D eigenvalue weighted by Gasteiger charge is 2.42. The minimum atomic E-state index is -0.0191. The van der Waals surface area contributed by atoms with E-state index in [1.54, 1.807) is 6.07 Å². The third-order valence-electron chi connectivity index (χ3n) is 3.90. The van der Waals surface area contributed by atoms with Crippen molar-refractivity contribution in [2.24, 2.45) is 5.41 Å². The molecule has 0 aliphatic carbocycles. The molecule has 1 amide bonds. The largest absolute Gasteiger partial charge is 0.351 e. The van der Waals surface area contributed by atoms with Crippen molar-refractivity contribution in [1.82, 2.24) is 15.4 Å². The second-order valence-electron chi connectivity index (χ2n) is 5.24. The summed E-state index contributed by atoms with van der Waals surface area (Å²) in [5.41, 5.74) is 1.06. The summed E-state index contributed by atoms with van der Waals surface area (Å²) in [6.07, 6.45) is 2.27. The molecule has 2 fully saturated rings. The molecule has 0 radical (unpaired) electrons. The molecule has 1 atom stereocenters. The molecule has 1 spiro atoms. The van der Waals surface area contributed by atoms with Gasteiger partial charge in [-0.05, 0) is 26.3 Å². The fraction of sp³-hybridized carbons (Fsp3) is 0.667. The summed E-state index contributed by atoms with van der Waals surface area (Å²) in [6.45, 7) is 5.61. The monoisotopic (exact) mass is 235 g/mol. The number of carbonyl (C=O) groups is 1. The summed E-state index contributed by atoms with van der Waals surface area (Å²) in [5.74, 6) is 0.347. The zero-order valence-corrected chi connectivity index (χ0v) is 10.0. The van der Waals surface area contributed by atoms with Crippen molar-refractivity contribution in [3.05, 3.63) is 17.5 Å². The number of aromatic nitrogens is 1. The lowest BCUT2D eigenvalue weighted by atomic mass is 9.87. The lowest BCUT2D eigenvalue weighted by Crippen LogP contribution is -2.33. The highest BCUT2D eigenvalue weighted by Crippen LogP contribution is 2.36. The van der Waals surface area contributed by atoms with E-state index < -0.39 is 0 Å². The molecule has 5 nitrogen and oxygen atoms in total. The Morgan fingerprint density at radius 3 is 3.12 bits per heavy atom. The van der Waals surface area contributed by atoms with Crippen LogP contribution in [0.1, 0.15) is 29.1 Å². The summed E-state index contributed by atoms with van der Waals surface area (Å²) in [5, 5.41) is 7.15. The molecule has 1 unspecified atom stereocenters. The van der Waals surface area contributed by atoms with Gasteiger partial charge in [0.25, 0.3) is 5.91 Å². The average Bonchev–Trinajstić information content (AvgIpc) is 3.02. The van der Waals surface area contributed by atoms with E-state index in [-0.39, 0.29) is 5.91 Å². The first kappa shape index (κ1) is 10.8. The first-order valence-electron chi connectivity index (χ1n) is 6.12. The minimum Gasteiger partial charge on any atom is -0.351 e. The summed E-state index contributed by atoms with van der Waals surface area (Å²) < 4.78 is 5.03. The lowest BCUT2D eigenvalue weighted by Gasteiger charge is -2.22. The third-order valence-corrected chi connectivity index (χ3v) is 3.90. The van der Waals surface area contributed by atoms with Gasteiger partial charge in [0.05, 0.1) is 5.69 Å². The van der Waals surface area contributed by atoms with E-state index in [1.165, 1.54) is 6.42 Å². The highest BCUT2D eigenvalue weighted by atomic mass is 16.5. The van der Waals surface area contributed by atoms with Crippen molar-refractivity contribution < 1.29 is 9.32 Å². The average molecular weight is 235 g/mol. The lowest BCUT2D eigenvalue weighted by molar-refractivity contribution is 0.0734. The van der Waals surface area contributed by atoms with Crippen LogP contribution in [0.5, 0.6) is 0 Å². The molecule has 0 bridgehead atoms. The number of nitrogens with one attached hydrogen (secondary N) is 1. The molecule has 2 saturated heterocycles. The van der Waals surface area contributed by atoms with Crippen LogP contribution in [0.4, 0.5) is 0 Å². The molecule has 17 heavy (non-hydrogen) atoms.